The fraction of sp³-hybridized carbons (Fsp3) is 0.435. The molecule has 1 N–H and O–H groups in total. The molecule has 2 aromatic carbocycles. The Morgan fingerprint density at radius 2 is 1.66 bits per heavy atom. The van der Waals surface area contributed by atoms with E-state index in [2.05, 4.69) is 28.1 Å². The first-order valence-electron chi connectivity index (χ1n) is 10.1. The Morgan fingerprint density at radius 3 is 2.34 bits per heavy atom. The number of rotatable bonds is 7. The van der Waals surface area contributed by atoms with E-state index in [0.29, 0.717) is 6.54 Å². The van der Waals surface area contributed by atoms with Crippen molar-refractivity contribution >= 4 is 17.5 Å². The quantitative estimate of drug-likeness (QED) is 0.748. The van der Waals surface area contributed by atoms with Crippen molar-refractivity contribution in [1.82, 2.24) is 15.1 Å². The van der Waals surface area contributed by atoms with Crippen molar-refractivity contribution in [1.29, 1.82) is 0 Å². The normalized spacial score (nSPS) is 17.5. The molecule has 5 nitrogen and oxygen atoms in total. The first-order valence-corrected chi connectivity index (χ1v) is 10.5. The number of carbonyl (C=O) groups excluding carboxylic acids is 1. The molecule has 0 saturated carbocycles. The van der Waals surface area contributed by atoms with Gasteiger partial charge in [0, 0.05) is 49.4 Å². The van der Waals surface area contributed by atoms with Gasteiger partial charge in [-0.15, -0.1) is 0 Å². The summed E-state index contributed by atoms with van der Waals surface area (Å²) >= 11 is 6.37. The summed E-state index contributed by atoms with van der Waals surface area (Å²) in [6.07, 6.45) is 0. The highest BCUT2D eigenvalue weighted by Gasteiger charge is 2.28. The van der Waals surface area contributed by atoms with Crippen LogP contribution in [0.4, 0.5) is 0 Å². The molecule has 156 valence electrons. The molecule has 1 saturated heterocycles. The molecule has 29 heavy (non-hydrogen) atoms. The van der Waals surface area contributed by atoms with E-state index < -0.39 is 0 Å². The minimum Gasteiger partial charge on any atom is -0.496 e. The summed E-state index contributed by atoms with van der Waals surface area (Å²) in [7, 11) is 1.65. The Bertz CT molecular complexity index is 821. The van der Waals surface area contributed by atoms with E-state index in [1.54, 1.807) is 7.11 Å². The Kier molecular flexibility index (Phi) is 7.53. The van der Waals surface area contributed by atoms with Crippen molar-refractivity contribution in [3.05, 3.63) is 64.7 Å². The molecular weight excluding hydrogens is 386 g/mol. The average molecular weight is 416 g/mol. The highest BCUT2D eigenvalue weighted by Crippen LogP contribution is 2.28. The Hall–Kier alpha value is -2.08. The van der Waals surface area contributed by atoms with Crippen LogP contribution < -0.4 is 10.1 Å². The third-order valence-corrected chi connectivity index (χ3v) is 6.17. The summed E-state index contributed by atoms with van der Waals surface area (Å²) in [5.41, 5.74) is 2.14. The molecular formula is C23H30ClN3O2. The number of ether oxygens (including phenoxy) is 1. The summed E-state index contributed by atoms with van der Waals surface area (Å²) in [6, 6.07) is 15.9. The number of benzene rings is 2. The van der Waals surface area contributed by atoms with E-state index >= 15 is 0 Å². The van der Waals surface area contributed by atoms with Crippen LogP contribution in [0.2, 0.25) is 5.02 Å². The molecule has 6 heteroatoms. The number of nitrogens with one attached hydrogen (secondary N) is 1. The van der Waals surface area contributed by atoms with Crippen LogP contribution in [-0.4, -0.2) is 55.0 Å². The standard InChI is InChI=1S/C23H30ClN3O2/c1-17(20-9-5-6-10-21(20)24)26-12-14-27(15-13-26)18(2)23(28)25-16-19-8-4-7-11-22(19)29-3/h4-11,17-18H,12-16H2,1-3H3,(H,25,28). The zero-order chi connectivity index (χ0) is 20.8. The van der Waals surface area contributed by atoms with Crippen molar-refractivity contribution in [2.45, 2.75) is 32.5 Å². The van der Waals surface area contributed by atoms with Crippen molar-refractivity contribution in [3.8, 4) is 5.75 Å². The van der Waals surface area contributed by atoms with Gasteiger partial charge < -0.3 is 10.1 Å². The number of hydrogen-bond acceptors (Lipinski definition) is 4. The highest BCUT2D eigenvalue weighted by molar-refractivity contribution is 6.31. The lowest BCUT2D eigenvalue weighted by molar-refractivity contribution is -0.126. The van der Waals surface area contributed by atoms with Crippen LogP contribution in [0.15, 0.2) is 48.5 Å². The third-order valence-electron chi connectivity index (χ3n) is 5.82. The number of amides is 1. The molecule has 0 radical (unpaired) electrons. The third kappa shape index (κ3) is 5.30. The van der Waals surface area contributed by atoms with Gasteiger partial charge in [-0.3, -0.25) is 14.6 Å². The van der Waals surface area contributed by atoms with E-state index in [0.717, 1.165) is 48.1 Å². The molecule has 2 aromatic rings. The van der Waals surface area contributed by atoms with Crippen LogP contribution >= 0.6 is 11.6 Å². The summed E-state index contributed by atoms with van der Waals surface area (Å²) in [6.45, 7) is 8.19. The molecule has 0 spiro atoms. The second-order valence-electron chi connectivity index (χ2n) is 7.48. The zero-order valence-electron chi connectivity index (χ0n) is 17.4. The molecule has 1 aliphatic heterocycles. The smallest absolute Gasteiger partial charge is 0.237 e. The van der Waals surface area contributed by atoms with Gasteiger partial charge >= 0.3 is 0 Å². The molecule has 0 aromatic heterocycles. The minimum absolute atomic E-state index is 0.0449. The van der Waals surface area contributed by atoms with E-state index in [-0.39, 0.29) is 18.0 Å². The van der Waals surface area contributed by atoms with E-state index in [9.17, 15) is 4.79 Å². The van der Waals surface area contributed by atoms with Gasteiger partial charge in [0.25, 0.3) is 0 Å². The Labute approximate surface area is 178 Å². The lowest BCUT2D eigenvalue weighted by Crippen LogP contribution is -2.54. The maximum atomic E-state index is 12.7. The average Bonchev–Trinajstić information content (AvgIpc) is 2.77. The predicted molar refractivity (Wildman–Crippen MR) is 117 cm³/mol. The lowest BCUT2D eigenvalue weighted by atomic mass is 10.1. The first kappa shape index (κ1) is 21.6. The number of halogens is 1. The van der Waals surface area contributed by atoms with Crippen LogP contribution in [0.25, 0.3) is 0 Å². The molecule has 0 aliphatic carbocycles. The van der Waals surface area contributed by atoms with Crippen LogP contribution in [-0.2, 0) is 11.3 Å². The van der Waals surface area contributed by atoms with Crippen LogP contribution in [0.3, 0.4) is 0 Å². The fourth-order valence-electron chi connectivity index (χ4n) is 3.87. The Balaban J connectivity index is 1.51. The highest BCUT2D eigenvalue weighted by atomic mass is 35.5. The number of hydrogen-bond donors (Lipinski definition) is 1. The number of piperazine rings is 1. The first-order chi connectivity index (χ1) is 14.0. The lowest BCUT2D eigenvalue weighted by Gasteiger charge is -2.40. The number of nitrogens with zero attached hydrogens (tertiary/aromatic N) is 2. The summed E-state index contributed by atoms with van der Waals surface area (Å²) in [4.78, 5) is 17.3. The SMILES string of the molecule is COc1ccccc1CNC(=O)C(C)N1CCN(C(C)c2ccccc2Cl)CC1. The number of carbonyl (C=O) groups is 1. The molecule has 0 bridgehead atoms. The fourth-order valence-corrected chi connectivity index (χ4v) is 4.16. The zero-order valence-corrected chi connectivity index (χ0v) is 18.2. The summed E-state index contributed by atoms with van der Waals surface area (Å²) < 4.78 is 5.36. The maximum Gasteiger partial charge on any atom is 0.237 e. The maximum absolute atomic E-state index is 12.7. The van der Waals surface area contributed by atoms with Gasteiger partial charge in [-0.05, 0) is 31.5 Å². The minimum atomic E-state index is -0.164. The van der Waals surface area contributed by atoms with Crippen LogP contribution in [0.5, 0.6) is 5.75 Å². The number of para-hydroxylation sites is 1. The monoisotopic (exact) mass is 415 g/mol. The van der Waals surface area contributed by atoms with Gasteiger partial charge in [-0.25, -0.2) is 0 Å². The topological polar surface area (TPSA) is 44.8 Å². The molecule has 2 atom stereocenters. The molecule has 1 heterocycles. The van der Waals surface area contributed by atoms with Gasteiger partial charge in [0.2, 0.25) is 5.91 Å². The Morgan fingerprint density at radius 1 is 1.03 bits per heavy atom. The second kappa shape index (κ2) is 10.1. The molecule has 1 aliphatic rings. The molecule has 1 fully saturated rings. The van der Waals surface area contributed by atoms with Gasteiger partial charge in [0.05, 0.1) is 13.2 Å². The van der Waals surface area contributed by atoms with Gasteiger partial charge in [-0.1, -0.05) is 48.0 Å². The molecule has 3 rings (SSSR count). The molecule has 2 unspecified atom stereocenters. The predicted octanol–water partition coefficient (Wildman–Crippen LogP) is 3.73. The van der Waals surface area contributed by atoms with Crippen molar-refractivity contribution in [3.63, 3.8) is 0 Å². The largest absolute Gasteiger partial charge is 0.496 e. The second-order valence-corrected chi connectivity index (χ2v) is 7.88. The van der Waals surface area contributed by atoms with Crippen LogP contribution in [0, 0.1) is 0 Å². The van der Waals surface area contributed by atoms with Crippen molar-refractivity contribution in [2.75, 3.05) is 33.3 Å². The van der Waals surface area contributed by atoms with E-state index in [4.69, 9.17) is 16.3 Å². The number of methoxy groups -OCH3 is 1. The van der Waals surface area contributed by atoms with Gasteiger partial charge in [0.1, 0.15) is 5.75 Å². The van der Waals surface area contributed by atoms with Gasteiger partial charge in [0.15, 0.2) is 0 Å². The summed E-state index contributed by atoms with van der Waals surface area (Å²) in [5, 5.41) is 3.86. The van der Waals surface area contributed by atoms with Crippen LogP contribution in [0.1, 0.15) is 31.0 Å². The van der Waals surface area contributed by atoms with Crippen molar-refractivity contribution < 1.29 is 9.53 Å². The summed E-state index contributed by atoms with van der Waals surface area (Å²) in [5.74, 6) is 0.839. The van der Waals surface area contributed by atoms with E-state index in [1.807, 2.05) is 49.4 Å². The van der Waals surface area contributed by atoms with Crippen molar-refractivity contribution in [2.24, 2.45) is 0 Å². The van der Waals surface area contributed by atoms with E-state index in [1.165, 1.54) is 0 Å². The van der Waals surface area contributed by atoms with Gasteiger partial charge in [-0.2, -0.15) is 0 Å². The molecule has 1 amide bonds.